The van der Waals surface area contributed by atoms with Crippen molar-refractivity contribution in [2.75, 3.05) is 0 Å². The Labute approximate surface area is 80.3 Å². The maximum Gasteiger partial charge on any atom is 0.168 e. The number of halogens is 3. The van der Waals surface area contributed by atoms with Crippen molar-refractivity contribution < 1.29 is 4.39 Å². The predicted octanol–water partition coefficient (Wildman–Crippen LogP) is 2.98. The number of benzene rings is 1. The van der Waals surface area contributed by atoms with Crippen LogP contribution in [0.3, 0.4) is 0 Å². The summed E-state index contributed by atoms with van der Waals surface area (Å²) in [6, 6.07) is 5.81. The Bertz CT molecular complexity index is 306. The molecule has 0 heterocycles. The van der Waals surface area contributed by atoms with Gasteiger partial charge in [-0.15, -0.1) is 0 Å². The Morgan fingerprint density at radius 3 is 2.25 bits per heavy atom. The molecule has 0 atom stereocenters. The average molecular weight is 203 g/mol. The average Bonchev–Trinajstić information content (AvgIpc) is 2.03. The van der Waals surface area contributed by atoms with Crippen LogP contribution in [0, 0.1) is 17.7 Å². The summed E-state index contributed by atoms with van der Waals surface area (Å²) in [6.07, 6.45) is 0. The molecule has 0 N–H and O–H groups in total. The molecule has 1 aromatic rings. The van der Waals surface area contributed by atoms with Crippen molar-refractivity contribution in [2.24, 2.45) is 0 Å². The summed E-state index contributed by atoms with van der Waals surface area (Å²) in [4.78, 5) is -0.699. The Balaban J connectivity index is 2.79. The molecule has 12 heavy (non-hydrogen) atoms. The van der Waals surface area contributed by atoms with Crippen LogP contribution in [-0.4, -0.2) is 4.84 Å². The van der Waals surface area contributed by atoms with E-state index in [0.717, 1.165) is 0 Å². The van der Waals surface area contributed by atoms with Gasteiger partial charge in [0.15, 0.2) is 4.84 Å². The van der Waals surface area contributed by atoms with E-state index in [-0.39, 0.29) is 5.82 Å². The number of rotatable bonds is 0. The second kappa shape index (κ2) is 4.35. The van der Waals surface area contributed by atoms with Crippen molar-refractivity contribution in [3.63, 3.8) is 0 Å². The molecule has 0 nitrogen and oxygen atoms in total. The molecular weight excluding hydrogens is 198 g/mol. The van der Waals surface area contributed by atoms with E-state index in [9.17, 15) is 4.39 Å². The predicted molar refractivity (Wildman–Crippen MR) is 48.8 cm³/mol. The summed E-state index contributed by atoms with van der Waals surface area (Å²) in [7, 11) is 0. The zero-order valence-corrected chi connectivity index (χ0v) is 7.53. The first-order valence-electron chi connectivity index (χ1n) is 3.24. The molecule has 62 valence electrons. The highest BCUT2D eigenvalue weighted by atomic mass is 35.5. The minimum atomic E-state index is -0.699. The van der Waals surface area contributed by atoms with E-state index in [4.69, 9.17) is 23.2 Å². The third-order valence-corrected chi connectivity index (χ3v) is 1.39. The van der Waals surface area contributed by atoms with Crippen LogP contribution in [-0.2, 0) is 0 Å². The van der Waals surface area contributed by atoms with Gasteiger partial charge in [-0.1, -0.05) is 35.0 Å². The van der Waals surface area contributed by atoms with Crippen LogP contribution < -0.4 is 0 Å². The van der Waals surface area contributed by atoms with Gasteiger partial charge >= 0.3 is 0 Å². The van der Waals surface area contributed by atoms with Crippen LogP contribution in [0.15, 0.2) is 24.3 Å². The van der Waals surface area contributed by atoms with Gasteiger partial charge < -0.3 is 0 Å². The van der Waals surface area contributed by atoms with Gasteiger partial charge in [0.05, 0.1) is 0 Å². The van der Waals surface area contributed by atoms with Crippen molar-refractivity contribution in [3.8, 4) is 11.8 Å². The summed E-state index contributed by atoms with van der Waals surface area (Å²) in [6.45, 7) is 0. The summed E-state index contributed by atoms with van der Waals surface area (Å²) in [5.74, 6) is 4.95. The lowest BCUT2D eigenvalue weighted by Crippen LogP contribution is -1.79. The minimum absolute atomic E-state index is 0.283. The number of alkyl halides is 2. The fourth-order valence-electron chi connectivity index (χ4n) is 0.671. The molecule has 0 aliphatic heterocycles. The Morgan fingerprint density at radius 1 is 1.17 bits per heavy atom. The van der Waals surface area contributed by atoms with E-state index in [1.54, 1.807) is 12.1 Å². The SMILES string of the molecule is Fc1ccc(C#CC(Cl)Cl)cc1. The third kappa shape index (κ3) is 3.13. The molecule has 1 rings (SSSR count). The van der Waals surface area contributed by atoms with E-state index in [1.807, 2.05) is 0 Å². The quantitative estimate of drug-likeness (QED) is 0.449. The second-order valence-corrected chi connectivity index (χ2v) is 3.17. The molecule has 0 unspecified atom stereocenters. The van der Waals surface area contributed by atoms with E-state index in [1.165, 1.54) is 12.1 Å². The van der Waals surface area contributed by atoms with Gasteiger partial charge in [0.2, 0.25) is 0 Å². The molecule has 3 heteroatoms. The molecule has 0 bridgehead atoms. The summed E-state index contributed by atoms with van der Waals surface area (Å²) >= 11 is 10.8. The van der Waals surface area contributed by atoms with Crippen molar-refractivity contribution in [1.82, 2.24) is 0 Å². The van der Waals surface area contributed by atoms with Crippen LogP contribution in [0.2, 0.25) is 0 Å². The standard InChI is InChI=1S/C9H5Cl2F/c10-9(11)6-3-7-1-4-8(12)5-2-7/h1-2,4-5,9H. The van der Waals surface area contributed by atoms with Gasteiger partial charge in [0.1, 0.15) is 5.82 Å². The monoisotopic (exact) mass is 202 g/mol. The van der Waals surface area contributed by atoms with E-state index < -0.39 is 4.84 Å². The molecule has 0 saturated heterocycles. The summed E-state index contributed by atoms with van der Waals surface area (Å²) in [5, 5.41) is 0. The molecule has 0 saturated carbocycles. The second-order valence-electron chi connectivity index (χ2n) is 2.08. The van der Waals surface area contributed by atoms with Crippen molar-refractivity contribution in [2.45, 2.75) is 4.84 Å². The molecule has 1 aromatic carbocycles. The Hall–Kier alpha value is -0.710. The number of hydrogen-bond donors (Lipinski definition) is 0. The van der Waals surface area contributed by atoms with Crippen LogP contribution in [0.5, 0.6) is 0 Å². The van der Waals surface area contributed by atoms with Crippen LogP contribution in [0.25, 0.3) is 0 Å². The molecule has 0 spiro atoms. The van der Waals surface area contributed by atoms with Crippen LogP contribution in [0.1, 0.15) is 5.56 Å². The fourth-order valence-corrected chi connectivity index (χ4v) is 0.780. The van der Waals surface area contributed by atoms with Gasteiger partial charge in [0, 0.05) is 5.56 Å². The van der Waals surface area contributed by atoms with Gasteiger partial charge in [-0.3, -0.25) is 0 Å². The molecule has 0 aromatic heterocycles. The van der Waals surface area contributed by atoms with Gasteiger partial charge in [-0.05, 0) is 24.3 Å². The maximum absolute atomic E-state index is 12.4. The summed E-state index contributed by atoms with van der Waals surface area (Å²) in [5.41, 5.74) is 0.697. The van der Waals surface area contributed by atoms with Crippen molar-refractivity contribution in [1.29, 1.82) is 0 Å². The van der Waals surface area contributed by atoms with Gasteiger partial charge in [-0.25, -0.2) is 4.39 Å². The van der Waals surface area contributed by atoms with Crippen molar-refractivity contribution >= 4 is 23.2 Å². The maximum atomic E-state index is 12.4. The lowest BCUT2D eigenvalue weighted by molar-refractivity contribution is 0.627. The molecular formula is C9H5Cl2F. The molecule has 0 aliphatic rings. The first kappa shape index (κ1) is 9.38. The largest absolute Gasteiger partial charge is 0.207 e. The number of hydrogen-bond acceptors (Lipinski definition) is 0. The zero-order chi connectivity index (χ0) is 8.97. The van der Waals surface area contributed by atoms with E-state index >= 15 is 0 Å². The Morgan fingerprint density at radius 2 is 1.75 bits per heavy atom. The Kier molecular flexibility index (Phi) is 3.40. The fraction of sp³-hybridized carbons (Fsp3) is 0.111. The first-order valence-corrected chi connectivity index (χ1v) is 4.11. The summed E-state index contributed by atoms with van der Waals surface area (Å²) < 4.78 is 12.4. The van der Waals surface area contributed by atoms with Crippen LogP contribution >= 0.6 is 23.2 Å². The normalized spacial score (nSPS) is 9.33. The zero-order valence-electron chi connectivity index (χ0n) is 6.02. The van der Waals surface area contributed by atoms with E-state index in [2.05, 4.69) is 11.8 Å². The smallest absolute Gasteiger partial charge is 0.168 e. The molecule has 0 fully saturated rings. The van der Waals surface area contributed by atoms with Crippen LogP contribution in [0.4, 0.5) is 4.39 Å². The van der Waals surface area contributed by atoms with Gasteiger partial charge in [-0.2, -0.15) is 0 Å². The third-order valence-electron chi connectivity index (χ3n) is 1.17. The van der Waals surface area contributed by atoms with E-state index in [0.29, 0.717) is 5.56 Å². The lowest BCUT2D eigenvalue weighted by Gasteiger charge is -1.89. The highest BCUT2D eigenvalue weighted by Gasteiger charge is 1.90. The first-order chi connectivity index (χ1) is 5.68. The van der Waals surface area contributed by atoms with Gasteiger partial charge in [0.25, 0.3) is 0 Å². The highest BCUT2D eigenvalue weighted by Crippen LogP contribution is 2.02. The highest BCUT2D eigenvalue weighted by molar-refractivity contribution is 6.46. The lowest BCUT2D eigenvalue weighted by atomic mass is 10.2. The molecule has 0 radical (unpaired) electrons. The minimum Gasteiger partial charge on any atom is -0.207 e. The molecule has 0 amide bonds. The van der Waals surface area contributed by atoms with Crippen molar-refractivity contribution in [3.05, 3.63) is 35.6 Å². The topological polar surface area (TPSA) is 0 Å². The molecule has 0 aliphatic carbocycles.